The lowest BCUT2D eigenvalue weighted by Crippen LogP contribution is -2.43. The fraction of sp³-hybridized carbons (Fsp3) is 0.368. The molecule has 7 heteroatoms. The van der Waals surface area contributed by atoms with Gasteiger partial charge in [0, 0.05) is 36.6 Å². The Bertz CT molecular complexity index is 818. The Labute approximate surface area is 157 Å². The van der Waals surface area contributed by atoms with Gasteiger partial charge in [0.25, 0.3) is 0 Å². The van der Waals surface area contributed by atoms with E-state index in [1.807, 2.05) is 17.9 Å². The van der Waals surface area contributed by atoms with E-state index in [1.165, 1.54) is 17.4 Å². The van der Waals surface area contributed by atoms with Crippen molar-refractivity contribution in [3.05, 3.63) is 40.1 Å². The van der Waals surface area contributed by atoms with Crippen LogP contribution in [0.5, 0.6) is 5.75 Å². The minimum Gasteiger partial charge on any atom is -0.494 e. The highest BCUT2D eigenvalue weighted by Crippen LogP contribution is 2.29. The van der Waals surface area contributed by atoms with E-state index in [1.54, 1.807) is 30.6 Å². The maximum Gasteiger partial charge on any atom is 0.245 e. The van der Waals surface area contributed by atoms with Crippen molar-refractivity contribution in [1.29, 1.82) is 0 Å². The first-order valence-electron chi connectivity index (χ1n) is 8.54. The summed E-state index contributed by atoms with van der Waals surface area (Å²) < 4.78 is 5.33. The van der Waals surface area contributed by atoms with Crippen LogP contribution in [0.2, 0.25) is 0 Å². The quantitative estimate of drug-likeness (QED) is 0.845. The zero-order valence-corrected chi connectivity index (χ0v) is 16.0. The number of hydrogen-bond donors (Lipinski definition) is 2. The number of rotatable bonds is 5. The molecule has 2 heterocycles. The van der Waals surface area contributed by atoms with Crippen LogP contribution < -0.4 is 15.4 Å². The number of hydrogen-bond acceptors (Lipinski definition) is 5. The molecule has 3 rings (SSSR count). The fourth-order valence-electron chi connectivity index (χ4n) is 3.10. The molecule has 1 aliphatic rings. The fourth-order valence-corrected chi connectivity index (χ4v) is 3.99. The van der Waals surface area contributed by atoms with Crippen molar-refractivity contribution >= 4 is 34.5 Å². The number of carbonyl (C=O) groups is 2. The number of methoxy groups -OCH3 is 1. The third-order valence-corrected chi connectivity index (χ3v) is 5.41. The van der Waals surface area contributed by atoms with E-state index < -0.39 is 0 Å². The number of carbonyl (C=O) groups excluding carboxylic acids is 2. The molecule has 138 valence electrons. The van der Waals surface area contributed by atoms with Gasteiger partial charge in [0.15, 0.2) is 0 Å². The second kappa shape index (κ2) is 7.78. The van der Waals surface area contributed by atoms with Crippen LogP contribution in [0.15, 0.2) is 29.6 Å². The maximum atomic E-state index is 12.8. The molecule has 0 radical (unpaired) electrons. The zero-order chi connectivity index (χ0) is 18.7. The summed E-state index contributed by atoms with van der Waals surface area (Å²) in [6, 6.07) is 7.11. The van der Waals surface area contributed by atoms with Crippen LogP contribution in [0.25, 0.3) is 0 Å². The number of amides is 2. The van der Waals surface area contributed by atoms with Gasteiger partial charge in [0.1, 0.15) is 11.8 Å². The van der Waals surface area contributed by atoms with Gasteiger partial charge in [-0.25, -0.2) is 0 Å². The topological polar surface area (TPSA) is 70.7 Å². The van der Waals surface area contributed by atoms with Crippen molar-refractivity contribution < 1.29 is 14.3 Å². The van der Waals surface area contributed by atoms with Crippen LogP contribution >= 0.6 is 11.3 Å². The van der Waals surface area contributed by atoms with E-state index >= 15 is 0 Å². The predicted molar refractivity (Wildman–Crippen MR) is 104 cm³/mol. The maximum absolute atomic E-state index is 12.8. The van der Waals surface area contributed by atoms with Gasteiger partial charge >= 0.3 is 0 Å². The first-order valence-corrected chi connectivity index (χ1v) is 9.42. The van der Waals surface area contributed by atoms with Crippen LogP contribution in [0.1, 0.15) is 24.3 Å². The van der Waals surface area contributed by atoms with Gasteiger partial charge in [0.2, 0.25) is 11.8 Å². The summed E-state index contributed by atoms with van der Waals surface area (Å²) in [5, 5.41) is 8.04. The molecular formula is C19H23N3O3S. The molecule has 1 aliphatic heterocycles. The van der Waals surface area contributed by atoms with Gasteiger partial charge in [0.05, 0.1) is 12.8 Å². The Balaban J connectivity index is 1.66. The van der Waals surface area contributed by atoms with Crippen molar-refractivity contribution in [3.8, 4) is 5.75 Å². The number of nitrogens with one attached hydrogen (secondary N) is 2. The standard InChI is InChI=1S/C19H23N3O3S/c1-12(19(24)22-8-6-18-14(11-22)7-9-26-18)20-15-4-5-16(21-13(2)23)17(10-15)25-3/h4-5,7,9-10,12,20H,6,8,11H2,1-3H3,(H,21,23)/t12-/m0/s1. The normalized spacial score (nSPS) is 14.3. The summed E-state index contributed by atoms with van der Waals surface area (Å²) in [5.41, 5.74) is 2.62. The Morgan fingerprint density at radius 2 is 2.12 bits per heavy atom. The lowest BCUT2D eigenvalue weighted by Gasteiger charge is -2.30. The van der Waals surface area contributed by atoms with Crippen molar-refractivity contribution in [2.24, 2.45) is 0 Å². The lowest BCUT2D eigenvalue weighted by molar-refractivity contribution is -0.132. The second-order valence-electron chi connectivity index (χ2n) is 6.34. The van der Waals surface area contributed by atoms with Crippen LogP contribution in [0.3, 0.4) is 0 Å². The van der Waals surface area contributed by atoms with Gasteiger partial charge < -0.3 is 20.3 Å². The summed E-state index contributed by atoms with van der Waals surface area (Å²) in [5.74, 6) is 0.461. The van der Waals surface area contributed by atoms with Crippen molar-refractivity contribution in [2.45, 2.75) is 32.9 Å². The minimum atomic E-state index is -0.355. The van der Waals surface area contributed by atoms with E-state index in [0.29, 0.717) is 18.0 Å². The number of fused-ring (bicyclic) bond motifs is 1. The van der Waals surface area contributed by atoms with Gasteiger partial charge in [-0.15, -0.1) is 11.3 Å². The second-order valence-corrected chi connectivity index (χ2v) is 7.34. The Morgan fingerprint density at radius 3 is 2.85 bits per heavy atom. The molecule has 2 N–H and O–H groups in total. The smallest absolute Gasteiger partial charge is 0.245 e. The van der Waals surface area contributed by atoms with Gasteiger partial charge in [-0.3, -0.25) is 9.59 Å². The number of anilines is 2. The molecule has 2 aromatic rings. The molecule has 1 atom stereocenters. The van der Waals surface area contributed by atoms with E-state index in [-0.39, 0.29) is 17.9 Å². The molecular weight excluding hydrogens is 350 g/mol. The van der Waals surface area contributed by atoms with Crippen LogP contribution in [0.4, 0.5) is 11.4 Å². The summed E-state index contributed by atoms with van der Waals surface area (Å²) in [4.78, 5) is 27.3. The highest BCUT2D eigenvalue weighted by atomic mass is 32.1. The number of thiophene rings is 1. The first kappa shape index (κ1) is 18.3. The SMILES string of the molecule is COc1cc(N[C@@H](C)C(=O)N2CCc3sccc3C2)ccc1NC(C)=O. The number of nitrogens with zero attached hydrogens (tertiary/aromatic N) is 1. The van der Waals surface area contributed by atoms with Crippen molar-refractivity contribution in [1.82, 2.24) is 4.90 Å². The summed E-state index contributed by atoms with van der Waals surface area (Å²) in [7, 11) is 1.55. The van der Waals surface area contributed by atoms with Crippen LogP contribution in [0, 0.1) is 0 Å². The summed E-state index contributed by atoms with van der Waals surface area (Å²) >= 11 is 1.76. The predicted octanol–water partition coefficient (Wildman–Crippen LogP) is 3.10. The number of ether oxygens (including phenoxy) is 1. The molecule has 0 saturated heterocycles. The molecule has 0 unspecified atom stereocenters. The largest absolute Gasteiger partial charge is 0.494 e. The zero-order valence-electron chi connectivity index (χ0n) is 15.2. The lowest BCUT2D eigenvalue weighted by atomic mass is 10.1. The van der Waals surface area contributed by atoms with Crippen LogP contribution in [-0.2, 0) is 22.6 Å². The van der Waals surface area contributed by atoms with Crippen molar-refractivity contribution in [3.63, 3.8) is 0 Å². The van der Waals surface area contributed by atoms with Gasteiger partial charge in [-0.2, -0.15) is 0 Å². The molecule has 6 nitrogen and oxygen atoms in total. The molecule has 1 aromatic carbocycles. The molecule has 2 amide bonds. The molecule has 0 saturated carbocycles. The van der Waals surface area contributed by atoms with E-state index in [2.05, 4.69) is 22.1 Å². The molecule has 0 fully saturated rings. The number of benzene rings is 1. The summed E-state index contributed by atoms with van der Waals surface area (Å²) in [6.45, 7) is 4.74. The molecule has 0 spiro atoms. The van der Waals surface area contributed by atoms with E-state index in [9.17, 15) is 9.59 Å². The van der Waals surface area contributed by atoms with Gasteiger partial charge in [-0.05, 0) is 42.5 Å². The van der Waals surface area contributed by atoms with Gasteiger partial charge in [-0.1, -0.05) is 0 Å². The van der Waals surface area contributed by atoms with Crippen LogP contribution in [-0.4, -0.2) is 36.4 Å². The minimum absolute atomic E-state index is 0.0757. The van der Waals surface area contributed by atoms with Crippen molar-refractivity contribution in [2.75, 3.05) is 24.3 Å². The Hall–Kier alpha value is -2.54. The average molecular weight is 373 g/mol. The van der Waals surface area contributed by atoms with E-state index in [0.717, 1.165) is 18.7 Å². The summed E-state index contributed by atoms with van der Waals surface area (Å²) in [6.07, 6.45) is 0.921. The molecule has 0 bridgehead atoms. The Morgan fingerprint density at radius 1 is 1.31 bits per heavy atom. The molecule has 26 heavy (non-hydrogen) atoms. The molecule has 1 aromatic heterocycles. The third kappa shape index (κ3) is 3.99. The monoisotopic (exact) mass is 373 g/mol. The van der Waals surface area contributed by atoms with E-state index in [4.69, 9.17) is 4.74 Å². The first-order chi connectivity index (χ1) is 12.5. The Kier molecular flexibility index (Phi) is 5.46. The average Bonchev–Trinajstić information content (AvgIpc) is 3.09. The third-order valence-electron chi connectivity index (χ3n) is 4.39. The molecule has 0 aliphatic carbocycles. The highest BCUT2D eigenvalue weighted by molar-refractivity contribution is 7.10. The highest BCUT2D eigenvalue weighted by Gasteiger charge is 2.25.